The molecular formula is C24H21N3O2S. The summed E-state index contributed by atoms with van der Waals surface area (Å²) < 4.78 is 0. The molecule has 0 aromatic heterocycles. The third-order valence-corrected chi connectivity index (χ3v) is 4.38. The minimum atomic E-state index is -0.359. The Kier molecular flexibility index (Phi) is 7.46. The van der Waals surface area contributed by atoms with Gasteiger partial charge in [-0.3, -0.25) is 14.9 Å². The van der Waals surface area contributed by atoms with Gasteiger partial charge in [0.2, 0.25) is 5.91 Å². The molecule has 0 aliphatic rings. The Balaban J connectivity index is 1.58. The van der Waals surface area contributed by atoms with Crippen LogP contribution in [-0.4, -0.2) is 16.9 Å². The highest BCUT2D eigenvalue weighted by Crippen LogP contribution is 2.15. The molecule has 0 atom stereocenters. The quantitative estimate of drug-likeness (QED) is 0.418. The van der Waals surface area contributed by atoms with Gasteiger partial charge in [0.15, 0.2) is 5.11 Å². The number of carbonyl (C=O) groups is 2. The fraction of sp³-hybridized carbons (Fsp3) is 0.0417. The first kappa shape index (κ1) is 21.0. The number of carbonyl (C=O) groups excluding carboxylic acids is 2. The van der Waals surface area contributed by atoms with E-state index in [-0.39, 0.29) is 16.9 Å². The Bertz CT molecular complexity index is 1050. The third kappa shape index (κ3) is 6.39. The minimum absolute atomic E-state index is 0.112. The molecule has 0 saturated heterocycles. The largest absolute Gasteiger partial charge is 0.348 e. The van der Waals surface area contributed by atoms with Gasteiger partial charge < -0.3 is 10.6 Å². The molecule has 3 N–H and O–H groups in total. The highest BCUT2D eigenvalue weighted by Gasteiger charge is 2.12. The summed E-state index contributed by atoms with van der Waals surface area (Å²) in [5, 5.41) is 8.51. The average molecular weight is 416 g/mol. The van der Waals surface area contributed by atoms with Gasteiger partial charge in [-0.1, -0.05) is 72.8 Å². The lowest BCUT2D eigenvalue weighted by Crippen LogP contribution is -2.33. The monoisotopic (exact) mass is 415 g/mol. The molecule has 150 valence electrons. The SMILES string of the molecule is O=C(/C=C/c1ccccc1)NC(=S)Nc1ccccc1C(=O)NCc1ccccc1. The molecule has 0 radical (unpaired) electrons. The number of nitrogens with one attached hydrogen (secondary N) is 3. The van der Waals surface area contributed by atoms with E-state index in [1.807, 2.05) is 60.7 Å². The van der Waals surface area contributed by atoms with Gasteiger partial charge in [-0.25, -0.2) is 0 Å². The fourth-order valence-electron chi connectivity index (χ4n) is 2.71. The molecule has 0 spiro atoms. The van der Waals surface area contributed by atoms with Crippen LogP contribution in [0.1, 0.15) is 21.5 Å². The van der Waals surface area contributed by atoms with Crippen molar-refractivity contribution in [3.05, 3.63) is 108 Å². The number of hydrogen-bond donors (Lipinski definition) is 3. The predicted molar refractivity (Wildman–Crippen MR) is 124 cm³/mol. The van der Waals surface area contributed by atoms with Crippen molar-refractivity contribution >= 4 is 40.9 Å². The number of para-hydroxylation sites is 1. The number of benzene rings is 3. The van der Waals surface area contributed by atoms with Crippen molar-refractivity contribution in [2.24, 2.45) is 0 Å². The summed E-state index contributed by atoms with van der Waals surface area (Å²) in [5.74, 6) is -0.595. The van der Waals surface area contributed by atoms with E-state index in [9.17, 15) is 9.59 Å². The van der Waals surface area contributed by atoms with E-state index in [1.165, 1.54) is 6.08 Å². The molecule has 0 aliphatic heterocycles. The average Bonchev–Trinajstić information content (AvgIpc) is 2.78. The predicted octanol–water partition coefficient (Wildman–Crippen LogP) is 4.14. The van der Waals surface area contributed by atoms with Gasteiger partial charge in [-0.05, 0) is 41.6 Å². The van der Waals surface area contributed by atoms with Crippen molar-refractivity contribution in [2.75, 3.05) is 5.32 Å². The van der Waals surface area contributed by atoms with Crippen LogP contribution in [0.25, 0.3) is 6.08 Å². The molecule has 6 heteroatoms. The van der Waals surface area contributed by atoms with Gasteiger partial charge in [0.25, 0.3) is 5.91 Å². The van der Waals surface area contributed by atoms with Gasteiger partial charge in [-0.15, -0.1) is 0 Å². The Hall–Kier alpha value is -3.77. The lowest BCUT2D eigenvalue weighted by Gasteiger charge is -2.13. The van der Waals surface area contributed by atoms with Crippen LogP contribution in [0, 0.1) is 0 Å². The summed E-state index contributed by atoms with van der Waals surface area (Å²) in [4.78, 5) is 24.7. The molecule has 2 amide bonds. The van der Waals surface area contributed by atoms with Crippen molar-refractivity contribution < 1.29 is 9.59 Å². The molecule has 5 nitrogen and oxygen atoms in total. The molecule has 30 heavy (non-hydrogen) atoms. The first-order valence-corrected chi connectivity index (χ1v) is 9.79. The summed E-state index contributed by atoms with van der Waals surface area (Å²) in [6.07, 6.45) is 3.10. The second kappa shape index (κ2) is 10.7. The van der Waals surface area contributed by atoms with E-state index in [1.54, 1.807) is 30.3 Å². The molecule has 0 fully saturated rings. The standard InChI is InChI=1S/C24H21N3O2S/c28-22(16-15-18-9-3-1-4-10-18)27-24(30)26-21-14-8-7-13-20(21)23(29)25-17-19-11-5-2-6-12-19/h1-16H,17H2,(H,25,29)(H2,26,27,28,30)/b16-15+. The molecule has 0 heterocycles. The smallest absolute Gasteiger partial charge is 0.253 e. The second-order valence-corrected chi connectivity index (χ2v) is 6.81. The maximum Gasteiger partial charge on any atom is 0.253 e. The van der Waals surface area contributed by atoms with Crippen LogP contribution in [0.2, 0.25) is 0 Å². The fourth-order valence-corrected chi connectivity index (χ4v) is 2.92. The molecule has 0 bridgehead atoms. The maximum absolute atomic E-state index is 12.6. The molecule has 0 unspecified atom stereocenters. The van der Waals surface area contributed by atoms with Crippen LogP contribution in [0.3, 0.4) is 0 Å². The van der Waals surface area contributed by atoms with Gasteiger partial charge in [0.05, 0.1) is 11.3 Å². The van der Waals surface area contributed by atoms with Gasteiger partial charge in [0.1, 0.15) is 0 Å². The van der Waals surface area contributed by atoms with Gasteiger partial charge >= 0.3 is 0 Å². The first-order valence-electron chi connectivity index (χ1n) is 9.38. The zero-order valence-corrected chi connectivity index (χ0v) is 17.0. The molecule has 3 aromatic carbocycles. The van der Waals surface area contributed by atoms with E-state index in [0.29, 0.717) is 17.8 Å². The van der Waals surface area contributed by atoms with Gasteiger partial charge in [0, 0.05) is 12.6 Å². The molecular weight excluding hydrogens is 394 g/mol. The lowest BCUT2D eigenvalue weighted by atomic mass is 10.1. The van der Waals surface area contributed by atoms with E-state index in [0.717, 1.165) is 11.1 Å². The molecule has 3 rings (SSSR count). The van der Waals surface area contributed by atoms with Crippen molar-refractivity contribution in [2.45, 2.75) is 6.54 Å². The zero-order chi connectivity index (χ0) is 21.2. The van der Waals surface area contributed by atoms with Crippen LogP contribution in [0.15, 0.2) is 91.0 Å². The Morgan fingerprint density at radius 3 is 2.20 bits per heavy atom. The molecule has 0 saturated carbocycles. The van der Waals surface area contributed by atoms with Crippen molar-refractivity contribution in [1.82, 2.24) is 10.6 Å². The van der Waals surface area contributed by atoms with Crippen LogP contribution >= 0.6 is 12.2 Å². The second-order valence-electron chi connectivity index (χ2n) is 6.40. The van der Waals surface area contributed by atoms with Crippen LogP contribution in [0.4, 0.5) is 5.69 Å². The van der Waals surface area contributed by atoms with E-state index in [4.69, 9.17) is 12.2 Å². The Morgan fingerprint density at radius 1 is 0.833 bits per heavy atom. The highest BCUT2D eigenvalue weighted by molar-refractivity contribution is 7.80. The summed E-state index contributed by atoms with van der Waals surface area (Å²) in [7, 11) is 0. The summed E-state index contributed by atoms with van der Waals surface area (Å²) in [6, 6.07) is 26.1. The summed E-state index contributed by atoms with van der Waals surface area (Å²) >= 11 is 5.22. The van der Waals surface area contributed by atoms with Crippen molar-refractivity contribution in [1.29, 1.82) is 0 Å². The van der Waals surface area contributed by atoms with Gasteiger partial charge in [-0.2, -0.15) is 0 Å². The summed E-state index contributed by atoms with van der Waals surface area (Å²) in [5.41, 5.74) is 2.86. The topological polar surface area (TPSA) is 70.2 Å². The van der Waals surface area contributed by atoms with Crippen LogP contribution < -0.4 is 16.0 Å². The third-order valence-electron chi connectivity index (χ3n) is 4.18. The van der Waals surface area contributed by atoms with Crippen LogP contribution in [0.5, 0.6) is 0 Å². The molecule has 0 aliphatic carbocycles. The van der Waals surface area contributed by atoms with Crippen LogP contribution in [-0.2, 0) is 11.3 Å². The number of rotatable bonds is 6. The first-order chi connectivity index (χ1) is 14.6. The number of hydrogen-bond acceptors (Lipinski definition) is 3. The normalized spacial score (nSPS) is 10.4. The molecule has 3 aromatic rings. The number of amides is 2. The zero-order valence-electron chi connectivity index (χ0n) is 16.2. The van der Waals surface area contributed by atoms with Crippen molar-refractivity contribution in [3.8, 4) is 0 Å². The van der Waals surface area contributed by atoms with E-state index in [2.05, 4.69) is 16.0 Å². The minimum Gasteiger partial charge on any atom is -0.348 e. The van der Waals surface area contributed by atoms with E-state index < -0.39 is 0 Å². The maximum atomic E-state index is 12.6. The summed E-state index contributed by atoms with van der Waals surface area (Å²) in [6.45, 7) is 0.416. The van der Waals surface area contributed by atoms with E-state index >= 15 is 0 Å². The number of anilines is 1. The lowest BCUT2D eigenvalue weighted by molar-refractivity contribution is -0.115. The highest BCUT2D eigenvalue weighted by atomic mass is 32.1. The Labute approximate surface area is 180 Å². The number of thiocarbonyl (C=S) groups is 1. The van der Waals surface area contributed by atoms with Crippen molar-refractivity contribution in [3.63, 3.8) is 0 Å². The Morgan fingerprint density at radius 2 is 1.47 bits per heavy atom.